The standard InChI is InChI=1S/BrH.ClH.Cs.La.2Li.3H/h2*1H;;;;;;;. The van der Waals surface area contributed by atoms with E-state index >= 15 is 0 Å². The average Bonchev–Trinajstić information content (AvgIpc) is 0. The second-order valence-electron chi connectivity index (χ2n) is 0. The summed E-state index contributed by atoms with van der Waals surface area (Å²) in [6, 6.07) is 0. The van der Waals surface area contributed by atoms with Crippen LogP contribution >= 0.6 is 29.4 Å². The summed E-state index contributed by atoms with van der Waals surface area (Å²) in [4.78, 5) is 0. The van der Waals surface area contributed by atoms with Gasteiger partial charge < -0.3 is 0 Å². The Bertz CT molecular complexity index is 13.5. The third-order valence-electron chi connectivity index (χ3n) is 0. The Morgan fingerprint density at radius 2 is 0.833 bits per heavy atom. The molecule has 0 spiro atoms. The molecule has 6 heavy (non-hydrogen) atoms. The molecule has 0 atom stereocenters. The normalized spacial score (nSPS) is 0. The summed E-state index contributed by atoms with van der Waals surface area (Å²) in [6.07, 6.45) is 0. The zero-order valence-corrected chi connectivity index (χ0v) is 7.55. The van der Waals surface area contributed by atoms with E-state index in [1.54, 1.807) is 0 Å². The molecule has 0 bridgehead atoms. The quantitative estimate of drug-likeness (QED) is 0.456. The first-order chi connectivity index (χ1) is 0. The van der Waals surface area contributed by atoms with Gasteiger partial charge in [-0.1, -0.05) is 0 Å². The molecule has 6 heteroatoms. The molecule has 0 aliphatic heterocycles. The van der Waals surface area contributed by atoms with E-state index < -0.39 is 0 Å². The molecule has 0 heterocycles. The summed E-state index contributed by atoms with van der Waals surface area (Å²) in [7, 11) is 0. The van der Waals surface area contributed by atoms with E-state index in [1.807, 2.05) is 0 Å². The van der Waals surface area contributed by atoms with Crippen LogP contribution in [0.5, 0.6) is 0 Å². The number of halogens is 2. The van der Waals surface area contributed by atoms with Gasteiger partial charge in [0.05, 0.1) is 0 Å². The molecule has 1 radical (unpaired) electrons. The maximum atomic E-state index is 0. The van der Waals surface area contributed by atoms with Gasteiger partial charge in [0.2, 0.25) is 0 Å². The van der Waals surface area contributed by atoms with E-state index in [0.717, 1.165) is 0 Å². The molecule has 0 aliphatic rings. The van der Waals surface area contributed by atoms with E-state index in [-0.39, 0.29) is 172 Å². The van der Waals surface area contributed by atoms with Crippen molar-refractivity contribution in [3.8, 4) is 0 Å². The fourth-order valence-electron chi connectivity index (χ4n) is 0. The van der Waals surface area contributed by atoms with Crippen LogP contribution in [-0.2, 0) is 0 Å². The van der Waals surface area contributed by atoms with Crippen molar-refractivity contribution in [1.29, 1.82) is 0 Å². The van der Waals surface area contributed by atoms with E-state index in [0.29, 0.717) is 0 Å². The van der Waals surface area contributed by atoms with Crippen molar-refractivity contribution < 1.29 is 35.6 Å². The third kappa shape index (κ3) is 22.9. The van der Waals surface area contributed by atoms with Crippen LogP contribution in [0.4, 0.5) is 0 Å². The summed E-state index contributed by atoms with van der Waals surface area (Å²) >= 11 is 0. The van der Waals surface area contributed by atoms with Crippen LogP contribution in [0.3, 0.4) is 0 Å². The van der Waals surface area contributed by atoms with Crippen molar-refractivity contribution in [2.45, 2.75) is 0 Å². The van der Waals surface area contributed by atoms with Crippen molar-refractivity contribution in [1.82, 2.24) is 0 Å². The van der Waals surface area contributed by atoms with E-state index in [1.165, 1.54) is 0 Å². The molecule has 0 aromatic rings. The molecule has 0 N–H and O–H groups in total. The van der Waals surface area contributed by atoms with E-state index in [4.69, 9.17) is 0 Å². The second kappa shape index (κ2) is 31.9. The van der Waals surface area contributed by atoms with Crippen molar-refractivity contribution in [3.05, 3.63) is 0 Å². The van der Waals surface area contributed by atoms with Crippen molar-refractivity contribution in [3.63, 3.8) is 0 Å². The summed E-state index contributed by atoms with van der Waals surface area (Å²) in [5, 5.41) is 0. The van der Waals surface area contributed by atoms with E-state index in [2.05, 4.69) is 0 Å². The maximum absolute atomic E-state index is 0. The van der Waals surface area contributed by atoms with Gasteiger partial charge in [-0.25, -0.2) is 0 Å². The molecule has 0 aliphatic carbocycles. The zero-order valence-electron chi connectivity index (χ0n) is 1.39. The Kier molecular flexibility index (Phi) is 229. The predicted molar refractivity (Wildman–Crippen MR) is 39.0 cm³/mol. The molecule has 25 valence electrons. The molecule has 0 nitrogen and oxygen atoms in total. The van der Waals surface area contributed by atoms with Crippen LogP contribution < -0.4 is 0 Å². The van der Waals surface area contributed by atoms with Crippen LogP contribution in [0, 0.1) is 35.6 Å². The molecule has 0 amide bonds. The van der Waals surface area contributed by atoms with Crippen molar-refractivity contribution in [2.24, 2.45) is 0 Å². The van der Waals surface area contributed by atoms with Crippen molar-refractivity contribution >= 4 is 136 Å². The number of hydrogen-bond acceptors (Lipinski definition) is 0. The van der Waals surface area contributed by atoms with Gasteiger partial charge in [0.25, 0.3) is 0 Å². The molecule has 0 unspecified atom stereocenters. The first-order valence-corrected chi connectivity index (χ1v) is 0. The SMILES string of the molecule is Br.Cl.[CsH].[La].[LiH].[LiH]. The molecule has 0 aromatic carbocycles. The number of hydrogen-bond donors (Lipinski definition) is 0. The second-order valence-corrected chi connectivity index (χ2v) is 0. The Morgan fingerprint density at radius 3 is 0.833 bits per heavy atom. The summed E-state index contributed by atoms with van der Waals surface area (Å²) in [6.45, 7) is 0. The summed E-state index contributed by atoms with van der Waals surface area (Å²) in [5.74, 6) is 0. The molecule has 0 rings (SSSR count). The van der Waals surface area contributed by atoms with Gasteiger partial charge in [-0.15, -0.1) is 29.4 Å². The third-order valence-corrected chi connectivity index (χ3v) is 0. The average molecular weight is 406 g/mol. The Morgan fingerprint density at radius 1 is 0.833 bits per heavy atom. The van der Waals surface area contributed by atoms with Gasteiger partial charge in [0.15, 0.2) is 0 Å². The fraction of sp³-hybridized carbons (Fsp3) is 0. The minimum absolute atomic E-state index is 0. The van der Waals surface area contributed by atoms with Gasteiger partial charge >= 0.3 is 107 Å². The topological polar surface area (TPSA) is 0 Å². The first-order valence-electron chi connectivity index (χ1n) is 0. The Labute approximate surface area is 166 Å². The molecule has 0 saturated heterocycles. The van der Waals surface area contributed by atoms with Crippen LogP contribution in [0.15, 0.2) is 0 Å². The first kappa shape index (κ1) is 43.0. The zero-order chi connectivity index (χ0) is 0. The molecule has 0 fully saturated rings. The summed E-state index contributed by atoms with van der Waals surface area (Å²) in [5.41, 5.74) is 0. The Balaban J connectivity index is 0. The summed E-state index contributed by atoms with van der Waals surface area (Å²) < 4.78 is 0. The van der Waals surface area contributed by atoms with E-state index in [9.17, 15) is 0 Å². The van der Waals surface area contributed by atoms with Gasteiger partial charge in [0, 0.05) is 35.6 Å². The van der Waals surface area contributed by atoms with Gasteiger partial charge in [-0.2, -0.15) is 0 Å². The monoisotopic (exact) mass is 405 g/mol. The van der Waals surface area contributed by atoms with Gasteiger partial charge in [-0.3, -0.25) is 0 Å². The Hall–Kier alpha value is 5.21. The van der Waals surface area contributed by atoms with Crippen LogP contribution in [-0.4, -0.2) is 107 Å². The van der Waals surface area contributed by atoms with Crippen LogP contribution in [0.1, 0.15) is 0 Å². The number of rotatable bonds is 0. The minimum atomic E-state index is 0. The molecular weight excluding hydrogens is 401 g/mol. The molecule has 0 saturated carbocycles. The van der Waals surface area contributed by atoms with Crippen molar-refractivity contribution in [2.75, 3.05) is 0 Å². The van der Waals surface area contributed by atoms with Gasteiger partial charge in [0.1, 0.15) is 0 Å². The van der Waals surface area contributed by atoms with Gasteiger partial charge in [-0.05, 0) is 0 Å². The van der Waals surface area contributed by atoms with Crippen LogP contribution in [0.2, 0.25) is 0 Å². The molecular formula is H5BrClCsLaLi2. The molecule has 0 aromatic heterocycles. The fourth-order valence-corrected chi connectivity index (χ4v) is 0. The predicted octanol–water partition coefficient (Wildman–Crippen LogP) is -0.946. The van der Waals surface area contributed by atoms with Crippen LogP contribution in [0.25, 0.3) is 0 Å².